The van der Waals surface area contributed by atoms with Crippen molar-refractivity contribution in [1.82, 2.24) is 4.98 Å². The van der Waals surface area contributed by atoms with Crippen LogP contribution < -0.4 is 10.3 Å². The van der Waals surface area contributed by atoms with Gasteiger partial charge in [-0.15, -0.1) is 0 Å². The van der Waals surface area contributed by atoms with Crippen LogP contribution in [0.15, 0.2) is 82.0 Å². The van der Waals surface area contributed by atoms with E-state index in [1.807, 2.05) is 35.9 Å². The van der Waals surface area contributed by atoms with Crippen LogP contribution in [0.3, 0.4) is 0 Å². The van der Waals surface area contributed by atoms with Crippen LogP contribution in [-0.2, 0) is 4.79 Å². The summed E-state index contributed by atoms with van der Waals surface area (Å²) in [6.45, 7) is 6.31. The van der Waals surface area contributed by atoms with Gasteiger partial charge in [-0.2, -0.15) is 11.3 Å². The Labute approximate surface area is 244 Å². The fraction of sp³-hybridized carbons (Fsp3) is 0.324. The Morgan fingerprint density at radius 2 is 1.93 bits per heavy atom. The maximum atomic E-state index is 14.0. The number of hydrogen-bond donors (Lipinski definition) is 2. The first-order valence-electron chi connectivity index (χ1n) is 14.1. The lowest BCUT2D eigenvalue weighted by atomic mass is 9.59. The molecule has 41 heavy (non-hydrogen) atoms. The number of rotatable bonds is 7. The van der Waals surface area contributed by atoms with Crippen molar-refractivity contribution < 1.29 is 19.4 Å². The minimum Gasteiger partial charge on any atom is -0.506 e. The average molecular weight is 570 g/mol. The first-order chi connectivity index (χ1) is 19.8. The summed E-state index contributed by atoms with van der Waals surface area (Å²) in [5.41, 5.74) is 2.19. The van der Waals surface area contributed by atoms with Crippen LogP contribution in [0, 0.1) is 29.6 Å². The summed E-state index contributed by atoms with van der Waals surface area (Å²) in [7, 11) is 0. The normalized spacial score (nSPS) is 24.3. The van der Waals surface area contributed by atoms with Crippen molar-refractivity contribution in [3.05, 3.63) is 98.6 Å². The first-order valence-corrected chi connectivity index (χ1v) is 15.0. The molecule has 0 radical (unpaired) electrons. The number of aromatic nitrogens is 1. The predicted octanol–water partition coefficient (Wildman–Crippen LogP) is 7.43. The van der Waals surface area contributed by atoms with Crippen LogP contribution in [-0.4, -0.2) is 21.8 Å². The molecule has 3 aromatic rings. The van der Waals surface area contributed by atoms with Crippen LogP contribution in [0.2, 0.25) is 0 Å². The van der Waals surface area contributed by atoms with Gasteiger partial charge in [0.2, 0.25) is 0 Å². The number of esters is 1. The number of pyridine rings is 1. The van der Waals surface area contributed by atoms with E-state index in [9.17, 15) is 19.5 Å². The highest BCUT2D eigenvalue weighted by Crippen LogP contribution is 2.49. The van der Waals surface area contributed by atoms with Gasteiger partial charge < -0.3 is 14.8 Å². The number of thiophene rings is 1. The summed E-state index contributed by atoms with van der Waals surface area (Å²) in [6, 6.07) is 8.47. The van der Waals surface area contributed by atoms with E-state index in [1.165, 1.54) is 24.3 Å². The third-order valence-corrected chi connectivity index (χ3v) is 9.17. The molecule has 2 aromatic heterocycles. The Kier molecular flexibility index (Phi) is 8.54. The summed E-state index contributed by atoms with van der Waals surface area (Å²) in [4.78, 5) is 41.8. The SMILES string of the molecule is C/C=C/[C@@H]1[C@H]2C[C@@H](C)CC[C@@H]2C(C)=C[C@H]1C(=O)c1c(O)c(-c2ccc(OC(=O)/C=C/c3ccsc3)cc2)c[nH]c1=O. The Morgan fingerprint density at radius 3 is 2.63 bits per heavy atom. The number of carbonyl (C=O) groups excluding carboxylic acids is 2. The van der Waals surface area contributed by atoms with Gasteiger partial charge in [0.25, 0.3) is 5.56 Å². The number of H-pyrrole nitrogens is 1. The molecular formula is C34H35NO5S. The van der Waals surface area contributed by atoms with Crippen LogP contribution >= 0.6 is 11.3 Å². The van der Waals surface area contributed by atoms with E-state index in [2.05, 4.69) is 24.9 Å². The molecule has 6 nitrogen and oxygen atoms in total. The number of ether oxygens (including phenoxy) is 1. The number of ketones is 1. The van der Waals surface area contributed by atoms with E-state index >= 15 is 0 Å². The molecule has 5 atom stereocenters. The van der Waals surface area contributed by atoms with Crippen LogP contribution in [0.1, 0.15) is 56.0 Å². The van der Waals surface area contributed by atoms with Gasteiger partial charge in [-0.1, -0.05) is 49.3 Å². The molecule has 2 heterocycles. The quantitative estimate of drug-likeness (QED) is 0.101. The molecule has 1 fully saturated rings. The maximum absolute atomic E-state index is 14.0. The average Bonchev–Trinajstić information content (AvgIpc) is 3.48. The minimum absolute atomic E-state index is 0.0332. The van der Waals surface area contributed by atoms with E-state index in [0.29, 0.717) is 34.6 Å². The smallest absolute Gasteiger partial charge is 0.336 e. The van der Waals surface area contributed by atoms with Crippen molar-refractivity contribution in [1.29, 1.82) is 0 Å². The lowest BCUT2D eigenvalue weighted by Gasteiger charge is -2.45. The predicted molar refractivity (Wildman–Crippen MR) is 163 cm³/mol. The van der Waals surface area contributed by atoms with E-state index in [0.717, 1.165) is 18.4 Å². The molecule has 0 saturated heterocycles. The number of Topliss-reactive ketones (excluding diaryl/α,β-unsaturated/α-hetero) is 1. The number of aromatic hydroxyl groups is 1. The second kappa shape index (κ2) is 12.3. The maximum Gasteiger partial charge on any atom is 0.336 e. The molecule has 0 aliphatic heterocycles. The number of benzene rings is 1. The van der Waals surface area contributed by atoms with Gasteiger partial charge in [0.05, 0.1) is 0 Å². The van der Waals surface area contributed by atoms with Crippen molar-refractivity contribution in [2.75, 3.05) is 0 Å². The van der Waals surface area contributed by atoms with E-state index in [-0.39, 0.29) is 23.0 Å². The molecule has 212 valence electrons. The van der Waals surface area contributed by atoms with Crippen molar-refractivity contribution in [3.8, 4) is 22.6 Å². The molecular weight excluding hydrogens is 534 g/mol. The zero-order valence-corrected chi connectivity index (χ0v) is 24.3. The molecule has 1 aromatic carbocycles. The van der Waals surface area contributed by atoms with Crippen LogP contribution in [0.4, 0.5) is 0 Å². The van der Waals surface area contributed by atoms with Gasteiger partial charge in [0.1, 0.15) is 17.1 Å². The van der Waals surface area contributed by atoms with E-state index in [1.54, 1.807) is 41.7 Å². The van der Waals surface area contributed by atoms with Gasteiger partial charge in [-0.05, 0) is 96.5 Å². The van der Waals surface area contributed by atoms with Gasteiger partial charge in [-0.25, -0.2) is 4.79 Å². The molecule has 7 heteroatoms. The van der Waals surface area contributed by atoms with E-state index < -0.39 is 17.4 Å². The summed E-state index contributed by atoms with van der Waals surface area (Å²) >= 11 is 1.54. The molecule has 0 spiro atoms. The number of nitrogens with one attached hydrogen (secondary N) is 1. The number of fused-ring (bicyclic) bond motifs is 1. The minimum atomic E-state index is -0.608. The second-order valence-electron chi connectivity index (χ2n) is 11.2. The second-order valence-corrected chi connectivity index (χ2v) is 12.0. The summed E-state index contributed by atoms with van der Waals surface area (Å²) < 4.78 is 5.38. The summed E-state index contributed by atoms with van der Waals surface area (Å²) in [5, 5.41) is 15.1. The molecule has 0 bridgehead atoms. The Bertz CT molecular complexity index is 1560. The highest BCUT2D eigenvalue weighted by molar-refractivity contribution is 7.08. The monoisotopic (exact) mass is 569 g/mol. The first kappa shape index (κ1) is 28.6. The Hall–Kier alpha value is -3.97. The van der Waals surface area contributed by atoms with Crippen molar-refractivity contribution in [3.63, 3.8) is 0 Å². The molecule has 1 saturated carbocycles. The standard InChI is InChI=1S/C34H35NO5S/c1-4-5-26-27-16-20(2)6-12-25(27)21(3)17-28(26)32(37)31-33(38)29(18-35-34(31)39)23-8-10-24(11-9-23)40-30(36)13-7-22-14-15-41-19-22/h4-5,7-11,13-15,17-20,25-28H,6,12,16H2,1-3H3,(H2,35,38,39)/b5-4+,13-7+/t20-,25+,26+,27-,28+/m0/s1. The largest absolute Gasteiger partial charge is 0.506 e. The zero-order chi connectivity index (χ0) is 29.1. The lowest BCUT2D eigenvalue weighted by Crippen LogP contribution is -2.40. The fourth-order valence-corrected chi connectivity index (χ4v) is 7.09. The Balaban J connectivity index is 1.41. The molecule has 2 aliphatic rings. The Morgan fingerprint density at radius 1 is 1.15 bits per heavy atom. The lowest BCUT2D eigenvalue weighted by molar-refractivity contribution is -0.128. The molecule has 0 amide bonds. The van der Waals surface area contributed by atoms with Crippen molar-refractivity contribution >= 4 is 29.2 Å². The molecule has 5 rings (SSSR count). The van der Waals surface area contributed by atoms with Crippen LogP contribution in [0.5, 0.6) is 11.5 Å². The van der Waals surface area contributed by atoms with Gasteiger partial charge in [-0.3, -0.25) is 9.59 Å². The van der Waals surface area contributed by atoms with Gasteiger partial charge in [0.15, 0.2) is 5.78 Å². The number of aromatic amines is 1. The van der Waals surface area contributed by atoms with E-state index in [4.69, 9.17) is 4.74 Å². The summed E-state index contributed by atoms with van der Waals surface area (Å²) in [6.07, 6.45) is 13.9. The molecule has 2 N–H and O–H groups in total. The topological polar surface area (TPSA) is 96.5 Å². The summed E-state index contributed by atoms with van der Waals surface area (Å²) in [5.74, 6) is -0.0866. The van der Waals surface area contributed by atoms with Crippen molar-refractivity contribution in [2.24, 2.45) is 29.6 Å². The number of hydrogen-bond acceptors (Lipinski definition) is 6. The highest BCUT2D eigenvalue weighted by atomic mass is 32.1. The zero-order valence-electron chi connectivity index (χ0n) is 23.5. The number of allylic oxidation sites excluding steroid dienone is 4. The fourth-order valence-electron chi connectivity index (χ4n) is 6.46. The van der Waals surface area contributed by atoms with Crippen molar-refractivity contribution in [2.45, 2.75) is 40.0 Å². The third-order valence-electron chi connectivity index (χ3n) is 8.47. The molecule has 2 aliphatic carbocycles. The van der Waals surface area contributed by atoms with Gasteiger partial charge in [0, 0.05) is 23.8 Å². The molecule has 0 unspecified atom stereocenters. The third kappa shape index (κ3) is 6.05. The van der Waals surface area contributed by atoms with Gasteiger partial charge >= 0.3 is 5.97 Å². The number of carbonyl (C=O) groups is 2. The van der Waals surface area contributed by atoms with Crippen LogP contribution in [0.25, 0.3) is 17.2 Å². The highest BCUT2D eigenvalue weighted by Gasteiger charge is 2.43.